The van der Waals surface area contributed by atoms with E-state index in [-0.39, 0.29) is 0 Å². The first-order valence-corrected chi connectivity index (χ1v) is 7.86. The van der Waals surface area contributed by atoms with Gasteiger partial charge >= 0.3 is 0 Å². The molecular weight excluding hydrogens is 380 g/mol. The summed E-state index contributed by atoms with van der Waals surface area (Å²) in [4.78, 5) is 0. The van der Waals surface area contributed by atoms with Gasteiger partial charge < -0.3 is 4.57 Å². The fourth-order valence-electron chi connectivity index (χ4n) is 2.19. The zero-order chi connectivity index (χ0) is 14.3. The Morgan fingerprint density at radius 2 is 1.70 bits per heavy atom. The van der Waals surface area contributed by atoms with Gasteiger partial charge in [0.1, 0.15) is 0 Å². The second kappa shape index (κ2) is 5.61. The molecule has 2 aromatic carbocycles. The minimum atomic E-state index is 0.512. The van der Waals surface area contributed by atoms with Gasteiger partial charge in [0.2, 0.25) is 0 Å². The molecule has 0 radical (unpaired) electrons. The topological polar surface area (TPSA) is 4.93 Å². The normalized spacial score (nSPS) is 11.2. The third-order valence-electron chi connectivity index (χ3n) is 3.20. The summed E-state index contributed by atoms with van der Waals surface area (Å²) in [5, 5.41) is 2.82. The van der Waals surface area contributed by atoms with Gasteiger partial charge in [0.05, 0.1) is 16.6 Å². The standard InChI is InChI=1S/C15H9BrCl3N/c16-10-1-4-14-9(7-10)5-6-20(14)8-11-12(17)2-3-13(18)15(11)19/h1-7H,8H2. The zero-order valence-corrected chi connectivity index (χ0v) is 14.1. The Morgan fingerprint density at radius 1 is 0.950 bits per heavy atom. The number of benzene rings is 2. The average Bonchev–Trinajstić information content (AvgIpc) is 2.81. The van der Waals surface area contributed by atoms with Crippen LogP contribution in [0.1, 0.15) is 5.56 Å². The highest BCUT2D eigenvalue weighted by Crippen LogP contribution is 2.33. The number of nitrogens with zero attached hydrogens (tertiary/aromatic N) is 1. The second-order valence-corrected chi connectivity index (χ2v) is 6.58. The third-order valence-corrected chi connectivity index (χ3v) is 4.89. The number of hydrogen-bond donors (Lipinski definition) is 0. The molecule has 0 saturated heterocycles. The molecule has 1 nitrogen and oxygen atoms in total. The van der Waals surface area contributed by atoms with Crippen molar-refractivity contribution in [2.75, 3.05) is 0 Å². The number of hydrogen-bond acceptors (Lipinski definition) is 0. The lowest BCUT2D eigenvalue weighted by Crippen LogP contribution is -1.99. The highest BCUT2D eigenvalue weighted by molar-refractivity contribution is 9.10. The summed E-state index contributed by atoms with van der Waals surface area (Å²) < 4.78 is 3.16. The van der Waals surface area contributed by atoms with Gasteiger partial charge in [0.25, 0.3) is 0 Å². The quantitative estimate of drug-likeness (QED) is 0.446. The molecule has 0 saturated carbocycles. The highest BCUT2D eigenvalue weighted by Gasteiger charge is 2.11. The Labute approximate surface area is 140 Å². The predicted octanol–water partition coefficient (Wildman–Crippen LogP) is 6.41. The van der Waals surface area contributed by atoms with Gasteiger partial charge in [0, 0.05) is 32.2 Å². The Morgan fingerprint density at radius 3 is 2.50 bits per heavy atom. The van der Waals surface area contributed by atoms with Crippen LogP contribution in [-0.2, 0) is 6.54 Å². The summed E-state index contributed by atoms with van der Waals surface area (Å²) in [6, 6.07) is 11.7. The van der Waals surface area contributed by atoms with Crippen molar-refractivity contribution in [1.82, 2.24) is 4.57 Å². The van der Waals surface area contributed by atoms with Crippen molar-refractivity contribution < 1.29 is 0 Å². The Kier molecular flexibility index (Phi) is 4.00. The summed E-state index contributed by atoms with van der Waals surface area (Å²) in [6.45, 7) is 0.587. The van der Waals surface area contributed by atoms with Crippen LogP contribution >= 0.6 is 50.7 Å². The number of halogens is 4. The first kappa shape index (κ1) is 14.3. The third kappa shape index (κ3) is 2.58. The molecule has 3 rings (SSSR count). The number of rotatable bonds is 2. The fraction of sp³-hybridized carbons (Fsp3) is 0.0667. The molecule has 5 heteroatoms. The Balaban J connectivity index is 2.08. The molecule has 0 aliphatic carbocycles. The van der Waals surface area contributed by atoms with E-state index >= 15 is 0 Å². The van der Waals surface area contributed by atoms with Gasteiger partial charge in [-0.15, -0.1) is 0 Å². The van der Waals surface area contributed by atoms with E-state index in [0.717, 1.165) is 20.9 Å². The van der Waals surface area contributed by atoms with E-state index in [0.29, 0.717) is 21.6 Å². The van der Waals surface area contributed by atoms with Crippen LogP contribution in [0, 0.1) is 0 Å². The van der Waals surface area contributed by atoms with Crippen molar-refractivity contribution in [2.45, 2.75) is 6.54 Å². The molecule has 20 heavy (non-hydrogen) atoms. The SMILES string of the molecule is Clc1ccc(Cl)c(Cn2ccc3cc(Br)ccc32)c1Cl. The number of aromatic nitrogens is 1. The molecule has 0 amide bonds. The van der Waals surface area contributed by atoms with E-state index in [2.05, 4.69) is 38.7 Å². The molecule has 0 unspecified atom stereocenters. The minimum absolute atomic E-state index is 0.512. The van der Waals surface area contributed by atoms with Gasteiger partial charge in [-0.1, -0.05) is 50.7 Å². The lowest BCUT2D eigenvalue weighted by atomic mass is 10.2. The summed E-state index contributed by atoms with van der Waals surface area (Å²) in [6.07, 6.45) is 2.02. The zero-order valence-electron chi connectivity index (χ0n) is 10.2. The lowest BCUT2D eigenvalue weighted by molar-refractivity contribution is 0.837. The van der Waals surface area contributed by atoms with E-state index in [1.54, 1.807) is 12.1 Å². The van der Waals surface area contributed by atoms with Crippen molar-refractivity contribution in [3.8, 4) is 0 Å². The van der Waals surface area contributed by atoms with Crippen molar-refractivity contribution in [1.29, 1.82) is 0 Å². The van der Waals surface area contributed by atoms with E-state index < -0.39 is 0 Å². The van der Waals surface area contributed by atoms with Crippen molar-refractivity contribution in [2.24, 2.45) is 0 Å². The highest BCUT2D eigenvalue weighted by atomic mass is 79.9. The van der Waals surface area contributed by atoms with Crippen LogP contribution in [0.5, 0.6) is 0 Å². The molecule has 1 heterocycles. The first-order valence-electron chi connectivity index (χ1n) is 5.93. The van der Waals surface area contributed by atoms with Crippen molar-refractivity contribution in [3.05, 3.63) is 67.7 Å². The molecular formula is C15H9BrCl3N. The molecule has 0 fully saturated rings. The van der Waals surface area contributed by atoms with E-state index in [1.165, 1.54) is 0 Å². The van der Waals surface area contributed by atoms with Gasteiger partial charge in [-0.2, -0.15) is 0 Å². The summed E-state index contributed by atoms with van der Waals surface area (Å²) in [7, 11) is 0. The van der Waals surface area contributed by atoms with E-state index in [9.17, 15) is 0 Å². The lowest BCUT2D eigenvalue weighted by Gasteiger charge is -2.11. The minimum Gasteiger partial charge on any atom is -0.343 e. The molecule has 0 bridgehead atoms. The first-order chi connectivity index (χ1) is 9.56. The van der Waals surface area contributed by atoms with Crippen LogP contribution in [0.15, 0.2) is 47.1 Å². The summed E-state index contributed by atoms with van der Waals surface area (Å²) in [5.74, 6) is 0. The van der Waals surface area contributed by atoms with Crippen LogP contribution < -0.4 is 0 Å². The molecule has 0 atom stereocenters. The van der Waals surface area contributed by atoms with Crippen molar-refractivity contribution in [3.63, 3.8) is 0 Å². The molecule has 1 aromatic heterocycles. The maximum absolute atomic E-state index is 6.25. The predicted molar refractivity (Wildman–Crippen MR) is 90.2 cm³/mol. The summed E-state index contributed by atoms with van der Waals surface area (Å²) in [5.41, 5.74) is 1.96. The average molecular weight is 390 g/mol. The van der Waals surface area contributed by atoms with Crippen molar-refractivity contribution >= 4 is 61.6 Å². The molecule has 102 valence electrons. The molecule has 0 aliphatic heterocycles. The van der Waals surface area contributed by atoms with E-state index in [1.807, 2.05) is 12.3 Å². The monoisotopic (exact) mass is 387 g/mol. The van der Waals surface area contributed by atoms with Gasteiger partial charge in [0.15, 0.2) is 0 Å². The number of fused-ring (bicyclic) bond motifs is 1. The van der Waals surface area contributed by atoms with Crippen LogP contribution in [-0.4, -0.2) is 4.57 Å². The largest absolute Gasteiger partial charge is 0.343 e. The van der Waals surface area contributed by atoms with Gasteiger partial charge in [-0.3, -0.25) is 0 Å². The van der Waals surface area contributed by atoms with Crippen LogP contribution in [0.3, 0.4) is 0 Å². The molecule has 0 aliphatic rings. The maximum atomic E-state index is 6.25. The van der Waals surface area contributed by atoms with Crippen LogP contribution in [0.2, 0.25) is 15.1 Å². The van der Waals surface area contributed by atoms with Crippen LogP contribution in [0.25, 0.3) is 10.9 Å². The molecule has 3 aromatic rings. The van der Waals surface area contributed by atoms with Gasteiger partial charge in [-0.25, -0.2) is 0 Å². The molecule has 0 spiro atoms. The van der Waals surface area contributed by atoms with E-state index in [4.69, 9.17) is 34.8 Å². The second-order valence-electron chi connectivity index (χ2n) is 4.47. The Hall–Kier alpha value is -0.670. The Bertz CT molecular complexity index is 795. The fourth-order valence-corrected chi connectivity index (χ4v) is 3.24. The molecule has 0 N–H and O–H groups in total. The van der Waals surface area contributed by atoms with Crippen LogP contribution in [0.4, 0.5) is 0 Å². The maximum Gasteiger partial charge on any atom is 0.0657 e. The van der Waals surface area contributed by atoms with Gasteiger partial charge in [-0.05, 0) is 36.4 Å². The summed E-state index contributed by atoms with van der Waals surface area (Å²) >= 11 is 22.0. The smallest absolute Gasteiger partial charge is 0.0657 e.